The van der Waals surface area contributed by atoms with Crippen LogP contribution in [0.2, 0.25) is 0 Å². The molecule has 0 amide bonds. The van der Waals surface area contributed by atoms with Gasteiger partial charge in [0.2, 0.25) is 0 Å². The minimum atomic E-state index is 0.551. The summed E-state index contributed by atoms with van der Waals surface area (Å²) in [6.45, 7) is 4.89. The Morgan fingerprint density at radius 2 is 2.29 bits per heavy atom. The maximum atomic E-state index is 5.31. The van der Waals surface area contributed by atoms with Gasteiger partial charge in [-0.2, -0.15) is 0 Å². The molecule has 1 aliphatic heterocycles. The van der Waals surface area contributed by atoms with E-state index >= 15 is 0 Å². The van der Waals surface area contributed by atoms with E-state index < -0.39 is 0 Å². The normalized spacial score (nSPS) is 21.4. The van der Waals surface area contributed by atoms with Gasteiger partial charge in [0.15, 0.2) is 0 Å². The largest absolute Gasteiger partial charge is 0.380 e. The first-order valence-corrected chi connectivity index (χ1v) is 5.22. The highest BCUT2D eigenvalue weighted by Crippen LogP contribution is 2.09. The second-order valence-corrected chi connectivity index (χ2v) is 3.87. The van der Waals surface area contributed by atoms with Crippen molar-refractivity contribution in [3.05, 3.63) is 35.4 Å². The van der Waals surface area contributed by atoms with Crippen molar-refractivity contribution in [1.82, 2.24) is 5.32 Å². The van der Waals surface area contributed by atoms with Crippen LogP contribution in [0.4, 0.5) is 0 Å². The minimum absolute atomic E-state index is 0.551. The van der Waals surface area contributed by atoms with Crippen LogP contribution in [0.1, 0.15) is 17.5 Å². The van der Waals surface area contributed by atoms with E-state index in [9.17, 15) is 0 Å². The lowest BCUT2D eigenvalue weighted by Gasteiger charge is -2.11. The molecule has 2 nitrogen and oxygen atoms in total. The van der Waals surface area contributed by atoms with Crippen molar-refractivity contribution in [2.45, 2.75) is 25.9 Å². The molecule has 0 spiro atoms. The number of benzene rings is 1. The molecule has 14 heavy (non-hydrogen) atoms. The summed E-state index contributed by atoms with van der Waals surface area (Å²) in [6.07, 6.45) is 1.14. The highest BCUT2D eigenvalue weighted by Gasteiger charge is 2.14. The van der Waals surface area contributed by atoms with Crippen LogP contribution in [-0.2, 0) is 11.3 Å². The van der Waals surface area contributed by atoms with Crippen molar-refractivity contribution < 1.29 is 4.74 Å². The molecule has 0 radical (unpaired) electrons. The smallest absolute Gasteiger partial charge is 0.0620 e. The molecule has 1 fully saturated rings. The highest BCUT2D eigenvalue weighted by molar-refractivity contribution is 5.25. The maximum absolute atomic E-state index is 5.31. The van der Waals surface area contributed by atoms with Crippen LogP contribution in [0.3, 0.4) is 0 Å². The van der Waals surface area contributed by atoms with Gasteiger partial charge in [0, 0.05) is 19.2 Å². The van der Waals surface area contributed by atoms with Gasteiger partial charge < -0.3 is 10.1 Å². The Morgan fingerprint density at radius 3 is 3.00 bits per heavy atom. The topological polar surface area (TPSA) is 21.3 Å². The first-order valence-electron chi connectivity index (χ1n) is 5.22. The third-order valence-corrected chi connectivity index (χ3v) is 2.77. The summed E-state index contributed by atoms with van der Waals surface area (Å²) in [5.74, 6) is 0. The molecule has 1 heterocycles. The van der Waals surface area contributed by atoms with Gasteiger partial charge in [0.05, 0.1) is 6.61 Å². The zero-order valence-corrected chi connectivity index (χ0v) is 8.62. The number of hydrogen-bond donors (Lipinski definition) is 1. The Kier molecular flexibility index (Phi) is 3.17. The van der Waals surface area contributed by atoms with Gasteiger partial charge in [0.25, 0.3) is 0 Å². The Labute approximate surface area is 85.3 Å². The minimum Gasteiger partial charge on any atom is -0.380 e. The Morgan fingerprint density at radius 1 is 1.43 bits per heavy atom. The lowest BCUT2D eigenvalue weighted by molar-refractivity contribution is 0.190. The Bertz CT molecular complexity index is 292. The predicted molar refractivity (Wildman–Crippen MR) is 57.2 cm³/mol. The molecular formula is C12H17NO. The van der Waals surface area contributed by atoms with Crippen LogP contribution in [-0.4, -0.2) is 19.3 Å². The summed E-state index contributed by atoms with van der Waals surface area (Å²) in [5, 5.41) is 3.51. The molecule has 1 atom stereocenters. The van der Waals surface area contributed by atoms with E-state index in [1.54, 1.807) is 0 Å². The summed E-state index contributed by atoms with van der Waals surface area (Å²) in [4.78, 5) is 0. The van der Waals surface area contributed by atoms with Gasteiger partial charge >= 0.3 is 0 Å². The average Bonchev–Trinajstić information content (AvgIpc) is 2.69. The van der Waals surface area contributed by atoms with Crippen LogP contribution in [0.15, 0.2) is 24.3 Å². The molecule has 1 aromatic carbocycles. The molecule has 1 aliphatic rings. The summed E-state index contributed by atoms with van der Waals surface area (Å²) in [5.41, 5.74) is 2.75. The fourth-order valence-electron chi connectivity index (χ4n) is 1.76. The lowest BCUT2D eigenvalue weighted by atomic mass is 10.1. The molecule has 1 saturated heterocycles. The number of rotatable bonds is 3. The van der Waals surface area contributed by atoms with Crippen LogP contribution in [0.25, 0.3) is 0 Å². The van der Waals surface area contributed by atoms with Crippen molar-refractivity contribution >= 4 is 0 Å². The molecular weight excluding hydrogens is 174 g/mol. The molecule has 0 aliphatic carbocycles. The van der Waals surface area contributed by atoms with Gasteiger partial charge in [-0.15, -0.1) is 0 Å². The zero-order valence-electron chi connectivity index (χ0n) is 8.62. The number of nitrogens with one attached hydrogen (secondary N) is 1. The van der Waals surface area contributed by atoms with Gasteiger partial charge in [-0.3, -0.25) is 0 Å². The van der Waals surface area contributed by atoms with E-state index in [2.05, 4.69) is 36.5 Å². The van der Waals surface area contributed by atoms with Crippen molar-refractivity contribution in [3.8, 4) is 0 Å². The van der Waals surface area contributed by atoms with Crippen molar-refractivity contribution in [2.75, 3.05) is 13.2 Å². The number of hydrogen-bond acceptors (Lipinski definition) is 2. The average molecular weight is 191 g/mol. The monoisotopic (exact) mass is 191 g/mol. The first-order chi connectivity index (χ1) is 6.86. The fraction of sp³-hybridized carbons (Fsp3) is 0.500. The highest BCUT2D eigenvalue weighted by atomic mass is 16.5. The Hall–Kier alpha value is -0.860. The summed E-state index contributed by atoms with van der Waals surface area (Å²) in [6, 6.07) is 9.06. The van der Waals surface area contributed by atoms with Gasteiger partial charge in [-0.25, -0.2) is 0 Å². The lowest BCUT2D eigenvalue weighted by Crippen LogP contribution is -2.28. The molecule has 0 bridgehead atoms. The van der Waals surface area contributed by atoms with Crippen LogP contribution in [0.5, 0.6) is 0 Å². The van der Waals surface area contributed by atoms with Crippen LogP contribution < -0.4 is 5.32 Å². The molecule has 76 valence electrons. The SMILES string of the molecule is Cc1ccccc1CN[C@@H]1CCOC1. The fourth-order valence-corrected chi connectivity index (χ4v) is 1.76. The first kappa shape index (κ1) is 9.69. The molecule has 0 aromatic heterocycles. The predicted octanol–water partition coefficient (Wildman–Crippen LogP) is 1.87. The third-order valence-electron chi connectivity index (χ3n) is 2.77. The van der Waals surface area contributed by atoms with E-state index in [1.165, 1.54) is 11.1 Å². The summed E-state index contributed by atoms with van der Waals surface area (Å²) >= 11 is 0. The van der Waals surface area contributed by atoms with E-state index in [1.807, 2.05) is 0 Å². The van der Waals surface area contributed by atoms with Crippen molar-refractivity contribution in [2.24, 2.45) is 0 Å². The standard InChI is InChI=1S/C12H17NO/c1-10-4-2-3-5-11(10)8-13-12-6-7-14-9-12/h2-5,12-13H,6-9H2,1H3/t12-/m1/s1. The maximum Gasteiger partial charge on any atom is 0.0620 e. The van der Waals surface area contributed by atoms with E-state index in [-0.39, 0.29) is 0 Å². The molecule has 1 N–H and O–H groups in total. The van der Waals surface area contributed by atoms with Gasteiger partial charge in [-0.1, -0.05) is 24.3 Å². The van der Waals surface area contributed by atoms with E-state index in [4.69, 9.17) is 4.74 Å². The van der Waals surface area contributed by atoms with Gasteiger partial charge in [-0.05, 0) is 24.5 Å². The van der Waals surface area contributed by atoms with E-state index in [0.717, 1.165) is 26.2 Å². The second kappa shape index (κ2) is 4.58. The van der Waals surface area contributed by atoms with Crippen LogP contribution in [0, 0.1) is 6.92 Å². The molecule has 2 rings (SSSR count). The van der Waals surface area contributed by atoms with Crippen molar-refractivity contribution in [1.29, 1.82) is 0 Å². The molecule has 2 heteroatoms. The zero-order chi connectivity index (χ0) is 9.80. The molecule has 0 unspecified atom stereocenters. The summed E-state index contributed by atoms with van der Waals surface area (Å²) < 4.78 is 5.31. The number of ether oxygens (including phenoxy) is 1. The Balaban J connectivity index is 1.88. The van der Waals surface area contributed by atoms with Gasteiger partial charge in [0.1, 0.15) is 0 Å². The second-order valence-electron chi connectivity index (χ2n) is 3.87. The van der Waals surface area contributed by atoms with Crippen molar-refractivity contribution in [3.63, 3.8) is 0 Å². The van der Waals surface area contributed by atoms with E-state index in [0.29, 0.717) is 6.04 Å². The third kappa shape index (κ3) is 2.34. The summed E-state index contributed by atoms with van der Waals surface area (Å²) in [7, 11) is 0. The van der Waals surface area contributed by atoms with Crippen LogP contribution >= 0.6 is 0 Å². The number of aryl methyl sites for hydroxylation is 1. The quantitative estimate of drug-likeness (QED) is 0.787. The molecule has 1 aromatic rings. The molecule has 0 saturated carbocycles.